The van der Waals surface area contributed by atoms with Gasteiger partial charge in [0.25, 0.3) is 0 Å². The Labute approximate surface area is 124 Å². The first kappa shape index (κ1) is 15.3. The highest BCUT2D eigenvalue weighted by molar-refractivity contribution is 5.40. The van der Waals surface area contributed by atoms with E-state index in [0.29, 0.717) is 5.56 Å². The normalized spacial score (nSPS) is 12.0. The average molecular weight is 289 g/mol. The summed E-state index contributed by atoms with van der Waals surface area (Å²) in [6.07, 6.45) is 0. The van der Waals surface area contributed by atoms with Gasteiger partial charge in [0.1, 0.15) is 5.75 Å². The van der Waals surface area contributed by atoms with Crippen molar-refractivity contribution in [1.82, 2.24) is 5.32 Å². The lowest BCUT2D eigenvalue weighted by molar-refractivity contribution is 0.381. The van der Waals surface area contributed by atoms with Crippen molar-refractivity contribution in [2.75, 3.05) is 20.8 Å². The summed E-state index contributed by atoms with van der Waals surface area (Å²) in [4.78, 5) is 0. The molecule has 2 aromatic rings. The molecule has 3 nitrogen and oxygen atoms in total. The van der Waals surface area contributed by atoms with Crippen molar-refractivity contribution >= 4 is 0 Å². The fourth-order valence-electron chi connectivity index (χ4n) is 2.34. The molecule has 21 heavy (non-hydrogen) atoms. The molecular formula is C17H20FNO2. The fraction of sp³-hybridized carbons (Fsp3) is 0.294. The van der Waals surface area contributed by atoms with Crippen molar-refractivity contribution in [1.29, 1.82) is 0 Å². The highest BCUT2D eigenvalue weighted by Gasteiger charge is 2.19. The molecule has 2 aromatic carbocycles. The van der Waals surface area contributed by atoms with Crippen molar-refractivity contribution in [3.63, 3.8) is 0 Å². The zero-order valence-corrected chi connectivity index (χ0v) is 12.5. The number of ether oxygens (including phenoxy) is 2. The van der Waals surface area contributed by atoms with Crippen LogP contribution in [0.4, 0.5) is 4.39 Å². The zero-order chi connectivity index (χ0) is 15.2. The van der Waals surface area contributed by atoms with Crippen molar-refractivity contribution in [3.05, 3.63) is 59.4 Å². The highest BCUT2D eigenvalue weighted by atomic mass is 19.1. The van der Waals surface area contributed by atoms with E-state index in [1.807, 2.05) is 31.2 Å². The zero-order valence-electron chi connectivity index (χ0n) is 12.5. The number of hydrogen-bond donors (Lipinski definition) is 1. The molecular weight excluding hydrogens is 269 g/mol. The fourth-order valence-corrected chi connectivity index (χ4v) is 2.34. The third kappa shape index (κ3) is 3.34. The Morgan fingerprint density at radius 2 is 1.86 bits per heavy atom. The maximum Gasteiger partial charge on any atom is 0.170 e. The molecule has 1 N–H and O–H groups in total. The second-order valence-electron chi connectivity index (χ2n) is 4.63. The van der Waals surface area contributed by atoms with Gasteiger partial charge >= 0.3 is 0 Å². The van der Waals surface area contributed by atoms with Crippen LogP contribution < -0.4 is 14.8 Å². The summed E-state index contributed by atoms with van der Waals surface area (Å²) >= 11 is 0. The van der Waals surface area contributed by atoms with Crippen LogP contribution in [0.1, 0.15) is 24.1 Å². The van der Waals surface area contributed by atoms with E-state index < -0.39 is 0 Å². The Hall–Kier alpha value is -2.07. The van der Waals surface area contributed by atoms with Gasteiger partial charge in [0.15, 0.2) is 11.6 Å². The van der Waals surface area contributed by atoms with Crippen LogP contribution in [0.2, 0.25) is 0 Å². The van der Waals surface area contributed by atoms with Gasteiger partial charge in [-0.15, -0.1) is 0 Å². The number of hydrogen-bond acceptors (Lipinski definition) is 3. The molecule has 0 aliphatic heterocycles. The van der Waals surface area contributed by atoms with Gasteiger partial charge in [-0.25, -0.2) is 4.39 Å². The molecule has 0 heterocycles. The Balaban J connectivity index is 2.47. The minimum atomic E-state index is -0.339. The van der Waals surface area contributed by atoms with Crippen molar-refractivity contribution in [2.45, 2.75) is 13.0 Å². The summed E-state index contributed by atoms with van der Waals surface area (Å²) in [6.45, 7) is 2.71. The topological polar surface area (TPSA) is 30.5 Å². The van der Waals surface area contributed by atoms with E-state index in [2.05, 4.69) is 5.32 Å². The molecule has 1 unspecified atom stereocenters. The molecule has 0 spiro atoms. The Morgan fingerprint density at radius 1 is 1.10 bits per heavy atom. The number of benzene rings is 2. The lowest BCUT2D eigenvalue weighted by atomic mass is 9.97. The van der Waals surface area contributed by atoms with Crippen LogP contribution in [0.15, 0.2) is 42.5 Å². The third-order valence-electron chi connectivity index (χ3n) is 3.36. The van der Waals surface area contributed by atoms with Crippen LogP contribution >= 0.6 is 0 Å². The predicted octanol–water partition coefficient (Wildman–Crippen LogP) is 3.54. The first-order chi connectivity index (χ1) is 10.2. The Kier molecular flexibility index (Phi) is 5.17. The van der Waals surface area contributed by atoms with Crippen molar-refractivity contribution in [2.24, 2.45) is 0 Å². The monoisotopic (exact) mass is 289 g/mol. The summed E-state index contributed by atoms with van der Waals surface area (Å²) in [5.41, 5.74) is 1.51. The first-order valence-corrected chi connectivity index (χ1v) is 6.91. The van der Waals surface area contributed by atoms with Gasteiger partial charge in [-0.2, -0.15) is 0 Å². The third-order valence-corrected chi connectivity index (χ3v) is 3.36. The predicted molar refractivity (Wildman–Crippen MR) is 81.5 cm³/mol. The summed E-state index contributed by atoms with van der Waals surface area (Å²) in [5, 5.41) is 3.31. The maximum atomic E-state index is 14.5. The molecule has 0 aromatic heterocycles. The first-order valence-electron chi connectivity index (χ1n) is 6.91. The van der Waals surface area contributed by atoms with Gasteiger partial charge in [0, 0.05) is 5.56 Å². The van der Waals surface area contributed by atoms with Gasteiger partial charge in [0.2, 0.25) is 0 Å². The van der Waals surface area contributed by atoms with E-state index in [0.717, 1.165) is 17.9 Å². The molecule has 1 atom stereocenters. The maximum absolute atomic E-state index is 14.5. The Morgan fingerprint density at radius 3 is 2.52 bits per heavy atom. The van der Waals surface area contributed by atoms with E-state index in [1.54, 1.807) is 25.3 Å². The second-order valence-corrected chi connectivity index (χ2v) is 4.63. The molecule has 2 rings (SSSR count). The smallest absolute Gasteiger partial charge is 0.170 e. The lowest BCUT2D eigenvalue weighted by Crippen LogP contribution is -2.23. The number of rotatable bonds is 6. The van der Waals surface area contributed by atoms with Gasteiger partial charge < -0.3 is 14.8 Å². The van der Waals surface area contributed by atoms with E-state index in [1.165, 1.54) is 7.11 Å². The molecule has 0 saturated carbocycles. The molecule has 0 aliphatic rings. The standard InChI is InChI=1S/C17H20FNO2/c1-4-19-17(12-7-5-8-13(11-12)20-2)14-9-6-10-15(21-3)16(14)18/h5-11,17,19H,4H2,1-3H3. The van der Waals surface area contributed by atoms with Gasteiger partial charge in [-0.1, -0.05) is 31.2 Å². The van der Waals surface area contributed by atoms with Crippen LogP contribution in [-0.2, 0) is 0 Å². The van der Waals surface area contributed by atoms with Crippen molar-refractivity contribution in [3.8, 4) is 11.5 Å². The molecule has 4 heteroatoms. The van der Waals surface area contributed by atoms with Crippen LogP contribution in [0.5, 0.6) is 11.5 Å². The minimum Gasteiger partial charge on any atom is -0.497 e. The Bertz CT molecular complexity index is 601. The molecule has 112 valence electrons. The summed E-state index contributed by atoms with van der Waals surface area (Å²) < 4.78 is 24.8. The van der Waals surface area contributed by atoms with Crippen LogP contribution in [0.25, 0.3) is 0 Å². The molecule has 0 saturated heterocycles. The van der Waals surface area contributed by atoms with Gasteiger partial charge in [0.05, 0.1) is 20.3 Å². The second kappa shape index (κ2) is 7.09. The summed E-state index contributed by atoms with van der Waals surface area (Å²) in [7, 11) is 3.09. The average Bonchev–Trinajstić information content (AvgIpc) is 2.53. The van der Waals surface area contributed by atoms with E-state index in [4.69, 9.17) is 9.47 Å². The molecule has 0 radical (unpaired) electrons. The molecule has 0 bridgehead atoms. The number of nitrogens with one attached hydrogen (secondary N) is 1. The quantitative estimate of drug-likeness (QED) is 0.882. The number of halogens is 1. The summed E-state index contributed by atoms with van der Waals surface area (Å²) in [5.74, 6) is 0.658. The highest BCUT2D eigenvalue weighted by Crippen LogP contribution is 2.30. The van der Waals surface area contributed by atoms with E-state index in [9.17, 15) is 4.39 Å². The van der Waals surface area contributed by atoms with Crippen LogP contribution in [0.3, 0.4) is 0 Å². The van der Waals surface area contributed by atoms with Crippen molar-refractivity contribution < 1.29 is 13.9 Å². The van der Waals surface area contributed by atoms with Gasteiger partial charge in [-0.05, 0) is 30.3 Å². The molecule has 0 fully saturated rings. The summed E-state index contributed by atoms with van der Waals surface area (Å²) in [6, 6.07) is 12.6. The van der Waals surface area contributed by atoms with Gasteiger partial charge in [-0.3, -0.25) is 0 Å². The van der Waals surface area contributed by atoms with E-state index in [-0.39, 0.29) is 17.6 Å². The van der Waals surface area contributed by atoms with Crippen LogP contribution in [-0.4, -0.2) is 20.8 Å². The van der Waals surface area contributed by atoms with E-state index >= 15 is 0 Å². The molecule has 0 amide bonds. The lowest BCUT2D eigenvalue weighted by Gasteiger charge is -2.21. The number of methoxy groups -OCH3 is 2. The minimum absolute atomic E-state index is 0.248. The molecule has 0 aliphatic carbocycles. The SMILES string of the molecule is CCNC(c1cccc(OC)c1)c1cccc(OC)c1F. The van der Waals surface area contributed by atoms with Crippen LogP contribution in [0, 0.1) is 5.82 Å². The largest absolute Gasteiger partial charge is 0.497 e.